The molecule has 3 rings (SSSR count). The number of carbonyl (C=O) groups excluding carboxylic acids is 2. The van der Waals surface area contributed by atoms with E-state index in [-0.39, 0.29) is 25.5 Å². The fraction of sp³-hybridized carbons (Fsp3) is 0.304. The van der Waals surface area contributed by atoms with Gasteiger partial charge in [-0.25, -0.2) is 13.6 Å². The van der Waals surface area contributed by atoms with E-state index >= 15 is 0 Å². The number of hydrogen-bond acceptors (Lipinski definition) is 3. The molecule has 0 bridgehead atoms. The first kappa shape index (κ1) is 22.0. The van der Waals surface area contributed by atoms with Crippen molar-refractivity contribution in [1.82, 2.24) is 4.90 Å². The summed E-state index contributed by atoms with van der Waals surface area (Å²) in [5.74, 6) is -3.15. The highest BCUT2D eigenvalue weighted by Gasteiger charge is 2.38. The molecule has 0 fully saturated rings. The lowest BCUT2D eigenvalue weighted by molar-refractivity contribution is -0.140. The maximum Gasteiger partial charge on any atom is 0.336 e. The van der Waals surface area contributed by atoms with Gasteiger partial charge in [0.1, 0.15) is 0 Å². The minimum Gasteiger partial charge on any atom is -0.463 e. The molecule has 4 nitrogen and oxygen atoms in total. The normalized spacial score (nSPS) is 16.8. The molecule has 0 spiro atoms. The maximum atomic E-state index is 13.7. The van der Waals surface area contributed by atoms with E-state index in [0.717, 1.165) is 17.7 Å². The number of nitrogens with zero attached hydrogens (tertiary/aromatic N) is 1. The highest BCUT2D eigenvalue weighted by molar-refractivity contribution is 6.30. The van der Waals surface area contributed by atoms with E-state index in [1.807, 2.05) is 13.0 Å². The monoisotopic (exact) mass is 433 g/mol. The molecular weight excluding hydrogens is 412 g/mol. The van der Waals surface area contributed by atoms with E-state index in [0.29, 0.717) is 28.3 Å². The molecule has 0 saturated carbocycles. The van der Waals surface area contributed by atoms with Gasteiger partial charge in [-0.3, -0.25) is 4.79 Å². The minimum atomic E-state index is -0.985. The van der Waals surface area contributed by atoms with Crippen LogP contribution >= 0.6 is 11.6 Å². The van der Waals surface area contributed by atoms with Crippen molar-refractivity contribution in [3.63, 3.8) is 0 Å². The van der Waals surface area contributed by atoms with E-state index in [1.54, 1.807) is 25.1 Å². The summed E-state index contributed by atoms with van der Waals surface area (Å²) in [5.41, 5.74) is 2.08. The van der Waals surface area contributed by atoms with Crippen molar-refractivity contribution < 1.29 is 23.1 Å². The minimum absolute atomic E-state index is 0.0321. The van der Waals surface area contributed by atoms with E-state index in [2.05, 4.69) is 0 Å². The van der Waals surface area contributed by atoms with Gasteiger partial charge in [-0.1, -0.05) is 36.7 Å². The Kier molecular flexibility index (Phi) is 6.87. The molecule has 1 aliphatic heterocycles. The third kappa shape index (κ3) is 4.54. The standard InChI is InChI=1S/C23H22ClF2NO3/c1-3-20-22(23(29)30-4-2)17(15-6-5-7-16(24)11-15)12-21(28)27(20)13-14-8-9-18(25)19(26)10-14/h5-11,17H,3-4,12-13H2,1-2H3. The summed E-state index contributed by atoms with van der Waals surface area (Å²) in [6.07, 6.45) is 0.433. The number of allylic oxidation sites excluding steroid dienone is 1. The van der Waals surface area contributed by atoms with Crippen LogP contribution in [0.5, 0.6) is 0 Å². The molecule has 0 saturated heterocycles. The topological polar surface area (TPSA) is 46.6 Å². The zero-order valence-electron chi connectivity index (χ0n) is 16.8. The van der Waals surface area contributed by atoms with Gasteiger partial charge in [-0.2, -0.15) is 0 Å². The average molecular weight is 434 g/mol. The van der Waals surface area contributed by atoms with Gasteiger partial charge in [0.15, 0.2) is 11.6 Å². The number of esters is 1. The molecule has 7 heteroatoms. The van der Waals surface area contributed by atoms with E-state index in [4.69, 9.17) is 16.3 Å². The van der Waals surface area contributed by atoms with Gasteiger partial charge >= 0.3 is 5.97 Å². The fourth-order valence-electron chi connectivity index (χ4n) is 3.75. The zero-order chi connectivity index (χ0) is 21.8. The predicted octanol–water partition coefficient (Wildman–Crippen LogP) is 5.36. The maximum absolute atomic E-state index is 13.7. The molecule has 2 aromatic rings. The van der Waals surface area contributed by atoms with Crippen molar-refractivity contribution in [3.8, 4) is 0 Å². The number of rotatable bonds is 6. The van der Waals surface area contributed by atoms with Crippen LogP contribution in [0, 0.1) is 11.6 Å². The van der Waals surface area contributed by atoms with Crippen LogP contribution < -0.4 is 0 Å². The molecule has 0 N–H and O–H groups in total. The summed E-state index contributed by atoms with van der Waals surface area (Å²) in [4.78, 5) is 27.4. The molecule has 30 heavy (non-hydrogen) atoms. The SMILES string of the molecule is CCOC(=O)C1=C(CC)N(Cc2ccc(F)c(F)c2)C(=O)CC1c1cccc(Cl)c1. The van der Waals surface area contributed by atoms with Crippen LogP contribution in [0.2, 0.25) is 5.02 Å². The first-order valence-corrected chi connectivity index (χ1v) is 10.1. The van der Waals surface area contributed by atoms with Crippen molar-refractivity contribution in [3.05, 3.63) is 81.5 Å². The number of hydrogen-bond donors (Lipinski definition) is 0. The molecule has 0 aromatic heterocycles. The Bertz CT molecular complexity index is 1010. The van der Waals surface area contributed by atoms with Crippen LogP contribution in [0.1, 0.15) is 43.7 Å². The van der Waals surface area contributed by atoms with Crippen molar-refractivity contribution >= 4 is 23.5 Å². The second-order valence-electron chi connectivity index (χ2n) is 6.97. The van der Waals surface area contributed by atoms with Crippen LogP contribution in [0.4, 0.5) is 8.78 Å². The van der Waals surface area contributed by atoms with Crippen molar-refractivity contribution in [2.75, 3.05) is 6.61 Å². The van der Waals surface area contributed by atoms with Gasteiger partial charge in [0.05, 0.1) is 18.7 Å². The van der Waals surface area contributed by atoms with E-state index in [1.165, 1.54) is 11.0 Å². The number of amides is 1. The van der Waals surface area contributed by atoms with Gasteiger partial charge in [-0.15, -0.1) is 0 Å². The smallest absolute Gasteiger partial charge is 0.336 e. The van der Waals surface area contributed by atoms with E-state index in [9.17, 15) is 18.4 Å². The van der Waals surface area contributed by atoms with Crippen LogP contribution in [-0.4, -0.2) is 23.4 Å². The lowest BCUT2D eigenvalue weighted by atomic mass is 9.82. The Morgan fingerprint density at radius 3 is 2.57 bits per heavy atom. The summed E-state index contributed by atoms with van der Waals surface area (Å²) < 4.78 is 32.2. The van der Waals surface area contributed by atoms with Gasteiger partial charge in [0, 0.05) is 23.1 Å². The Morgan fingerprint density at radius 2 is 1.93 bits per heavy atom. The van der Waals surface area contributed by atoms with Crippen molar-refractivity contribution in [2.45, 2.75) is 39.2 Å². The van der Waals surface area contributed by atoms with Crippen molar-refractivity contribution in [2.24, 2.45) is 0 Å². The highest BCUT2D eigenvalue weighted by Crippen LogP contribution is 2.39. The average Bonchev–Trinajstić information content (AvgIpc) is 2.71. The van der Waals surface area contributed by atoms with Crippen LogP contribution in [0.3, 0.4) is 0 Å². The van der Waals surface area contributed by atoms with Gasteiger partial charge in [0.25, 0.3) is 0 Å². The number of ether oxygens (including phenoxy) is 1. The molecular formula is C23H22ClF2NO3. The molecule has 0 radical (unpaired) electrons. The van der Waals surface area contributed by atoms with Gasteiger partial charge in [-0.05, 0) is 48.7 Å². The third-order valence-corrected chi connectivity index (χ3v) is 5.31. The fourth-order valence-corrected chi connectivity index (χ4v) is 3.94. The van der Waals surface area contributed by atoms with E-state index < -0.39 is 23.5 Å². The Morgan fingerprint density at radius 1 is 1.17 bits per heavy atom. The predicted molar refractivity (Wildman–Crippen MR) is 110 cm³/mol. The van der Waals surface area contributed by atoms with Crippen LogP contribution in [0.25, 0.3) is 0 Å². The molecule has 158 valence electrons. The summed E-state index contributed by atoms with van der Waals surface area (Å²) >= 11 is 6.13. The Hall–Kier alpha value is -2.73. The zero-order valence-corrected chi connectivity index (χ0v) is 17.5. The number of halogens is 3. The summed E-state index contributed by atoms with van der Waals surface area (Å²) in [7, 11) is 0. The summed E-state index contributed by atoms with van der Waals surface area (Å²) in [6.45, 7) is 3.77. The first-order chi connectivity index (χ1) is 14.3. The molecule has 0 aliphatic carbocycles. The lowest BCUT2D eigenvalue weighted by Gasteiger charge is -2.35. The van der Waals surface area contributed by atoms with Gasteiger partial charge in [0.2, 0.25) is 5.91 Å². The quantitative estimate of drug-likeness (QED) is 0.576. The van der Waals surface area contributed by atoms with Crippen LogP contribution in [-0.2, 0) is 20.9 Å². The largest absolute Gasteiger partial charge is 0.463 e. The Labute approximate surface area is 179 Å². The van der Waals surface area contributed by atoms with Gasteiger partial charge < -0.3 is 9.64 Å². The Balaban J connectivity index is 2.08. The third-order valence-electron chi connectivity index (χ3n) is 5.07. The second kappa shape index (κ2) is 9.39. The first-order valence-electron chi connectivity index (χ1n) is 9.75. The molecule has 1 heterocycles. The lowest BCUT2D eigenvalue weighted by Crippen LogP contribution is -2.38. The highest BCUT2D eigenvalue weighted by atomic mass is 35.5. The number of benzene rings is 2. The molecule has 2 aromatic carbocycles. The van der Waals surface area contributed by atoms with Crippen molar-refractivity contribution in [1.29, 1.82) is 0 Å². The molecule has 1 aliphatic rings. The van der Waals surface area contributed by atoms with Crippen LogP contribution in [0.15, 0.2) is 53.7 Å². The molecule has 1 amide bonds. The molecule has 1 atom stereocenters. The molecule has 1 unspecified atom stereocenters. The number of carbonyl (C=O) groups is 2. The summed E-state index contributed by atoms with van der Waals surface area (Å²) in [6, 6.07) is 10.5. The summed E-state index contributed by atoms with van der Waals surface area (Å²) in [5, 5.41) is 0.505. The second-order valence-corrected chi connectivity index (χ2v) is 7.41.